The number of nitrogens with one attached hydrogen (secondary N) is 1. The number of rotatable bonds is 5. The number of carbonyl (C=O) groups excluding carboxylic acids is 1. The SMILES string of the molecule is NC(=O)CN1CCC(NC2CC=C(c3ccc(F)cc3)CC2)CC1. The van der Waals surface area contributed by atoms with Crippen molar-refractivity contribution < 1.29 is 9.18 Å². The van der Waals surface area contributed by atoms with Crippen LogP contribution >= 0.6 is 0 Å². The Kier molecular flexibility index (Phi) is 5.63. The van der Waals surface area contributed by atoms with Crippen molar-refractivity contribution in [3.8, 4) is 0 Å². The average molecular weight is 331 g/mol. The Morgan fingerprint density at radius 1 is 1.17 bits per heavy atom. The van der Waals surface area contributed by atoms with Gasteiger partial charge in [0, 0.05) is 25.2 Å². The predicted octanol–water partition coefficient (Wildman–Crippen LogP) is 2.30. The number of amides is 1. The molecule has 1 aliphatic carbocycles. The minimum atomic E-state index is -0.243. The van der Waals surface area contributed by atoms with E-state index in [9.17, 15) is 9.18 Å². The molecule has 0 bridgehead atoms. The zero-order chi connectivity index (χ0) is 16.9. The zero-order valence-corrected chi connectivity index (χ0v) is 14.0. The number of nitrogens with zero attached hydrogens (tertiary/aromatic N) is 1. The van der Waals surface area contributed by atoms with Gasteiger partial charge in [0.15, 0.2) is 0 Å². The van der Waals surface area contributed by atoms with Crippen LogP contribution in [0.4, 0.5) is 4.39 Å². The summed E-state index contributed by atoms with van der Waals surface area (Å²) < 4.78 is 13.0. The van der Waals surface area contributed by atoms with Gasteiger partial charge in [-0.2, -0.15) is 0 Å². The van der Waals surface area contributed by atoms with Crippen LogP contribution in [0.1, 0.15) is 37.7 Å². The lowest BCUT2D eigenvalue weighted by atomic mass is 9.90. The van der Waals surface area contributed by atoms with Gasteiger partial charge in [-0.05, 0) is 55.4 Å². The first kappa shape index (κ1) is 17.1. The molecule has 2 aliphatic rings. The molecule has 1 saturated heterocycles. The molecule has 130 valence electrons. The second kappa shape index (κ2) is 7.90. The third-order valence-electron chi connectivity index (χ3n) is 5.06. The first-order chi connectivity index (χ1) is 11.6. The Labute approximate surface area is 142 Å². The van der Waals surface area contributed by atoms with Crippen molar-refractivity contribution in [1.29, 1.82) is 0 Å². The summed E-state index contributed by atoms with van der Waals surface area (Å²) in [6.45, 7) is 2.24. The van der Waals surface area contributed by atoms with Crippen LogP contribution in [0.5, 0.6) is 0 Å². The third kappa shape index (κ3) is 4.65. The van der Waals surface area contributed by atoms with E-state index in [4.69, 9.17) is 5.73 Å². The molecule has 0 radical (unpaired) electrons. The van der Waals surface area contributed by atoms with Crippen LogP contribution in [-0.4, -0.2) is 42.5 Å². The van der Waals surface area contributed by atoms with Crippen molar-refractivity contribution >= 4 is 11.5 Å². The third-order valence-corrected chi connectivity index (χ3v) is 5.06. The minimum Gasteiger partial charge on any atom is -0.369 e. The number of allylic oxidation sites excluding steroid dienone is 1. The number of nitrogens with two attached hydrogens (primary N) is 1. The zero-order valence-electron chi connectivity index (χ0n) is 14.0. The molecule has 3 rings (SSSR count). The molecule has 1 aromatic carbocycles. The Hall–Kier alpha value is -1.72. The number of hydrogen-bond acceptors (Lipinski definition) is 3. The van der Waals surface area contributed by atoms with Gasteiger partial charge in [-0.25, -0.2) is 4.39 Å². The first-order valence-corrected chi connectivity index (χ1v) is 8.82. The van der Waals surface area contributed by atoms with Crippen LogP contribution in [0.25, 0.3) is 5.57 Å². The van der Waals surface area contributed by atoms with Crippen molar-refractivity contribution in [2.75, 3.05) is 19.6 Å². The topological polar surface area (TPSA) is 58.4 Å². The van der Waals surface area contributed by atoms with Gasteiger partial charge in [-0.1, -0.05) is 18.2 Å². The Morgan fingerprint density at radius 2 is 1.88 bits per heavy atom. The Balaban J connectivity index is 1.45. The largest absolute Gasteiger partial charge is 0.369 e. The maximum Gasteiger partial charge on any atom is 0.231 e. The molecule has 1 heterocycles. The van der Waals surface area contributed by atoms with Crippen molar-refractivity contribution in [3.63, 3.8) is 0 Å². The summed E-state index contributed by atoms with van der Waals surface area (Å²) >= 11 is 0. The molecule has 1 unspecified atom stereocenters. The summed E-state index contributed by atoms with van der Waals surface area (Å²) in [5.41, 5.74) is 7.71. The van der Waals surface area contributed by atoms with Crippen LogP contribution in [0.2, 0.25) is 0 Å². The van der Waals surface area contributed by atoms with E-state index in [0.717, 1.165) is 50.8 Å². The van der Waals surface area contributed by atoms with Crippen LogP contribution < -0.4 is 11.1 Å². The van der Waals surface area contributed by atoms with E-state index in [-0.39, 0.29) is 11.7 Å². The first-order valence-electron chi connectivity index (χ1n) is 8.82. The molecule has 0 saturated carbocycles. The molecule has 5 heteroatoms. The average Bonchev–Trinajstić information content (AvgIpc) is 2.58. The highest BCUT2D eigenvalue weighted by atomic mass is 19.1. The molecule has 1 aliphatic heterocycles. The number of benzene rings is 1. The smallest absolute Gasteiger partial charge is 0.231 e. The van der Waals surface area contributed by atoms with Gasteiger partial charge in [-0.3, -0.25) is 9.69 Å². The van der Waals surface area contributed by atoms with Crippen molar-refractivity contribution in [2.45, 2.75) is 44.2 Å². The highest BCUT2D eigenvalue weighted by molar-refractivity contribution is 5.75. The fraction of sp³-hybridized carbons (Fsp3) is 0.526. The summed E-state index contributed by atoms with van der Waals surface area (Å²) in [5.74, 6) is -0.426. The summed E-state index contributed by atoms with van der Waals surface area (Å²) in [7, 11) is 0. The molecular weight excluding hydrogens is 305 g/mol. The molecule has 24 heavy (non-hydrogen) atoms. The van der Waals surface area contributed by atoms with E-state index in [2.05, 4.69) is 16.3 Å². The van der Waals surface area contributed by atoms with E-state index < -0.39 is 0 Å². The summed E-state index contributed by atoms with van der Waals surface area (Å²) in [4.78, 5) is 13.1. The van der Waals surface area contributed by atoms with Crippen molar-refractivity contribution in [2.24, 2.45) is 5.73 Å². The van der Waals surface area contributed by atoms with Crippen LogP contribution in [0, 0.1) is 5.82 Å². The summed E-state index contributed by atoms with van der Waals surface area (Å²) in [5, 5.41) is 3.77. The van der Waals surface area contributed by atoms with E-state index in [1.807, 2.05) is 12.1 Å². The van der Waals surface area contributed by atoms with E-state index in [1.165, 1.54) is 17.7 Å². The van der Waals surface area contributed by atoms with Gasteiger partial charge in [0.05, 0.1) is 6.54 Å². The molecule has 0 aromatic heterocycles. The Morgan fingerprint density at radius 3 is 2.46 bits per heavy atom. The van der Waals surface area contributed by atoms with Gasteiger partial charge >= 0.3 is 0 Å². The van der Waals surface area contributed by atoms with E-state index >= 15 is 0 Å². The number of hydrogen-bond donors (Lipinski definition) is 2. The van der Waals surface area contributed by atoms with Gasteiger partial charge in [-0.15, -0.1) is 0 Å². The van der Waals surface area contributed by atoms with Crippen LogP contribution in [-0.2, 0) is 4.79 Å². The van der Waals surface area contributed by atoms with Crippen LogP contribution in [0.3, 0.4) is 0 Å². The fourth-order valence-corrected chi connectivity index (χ4v) is 3.72. The van der Waals surface area contributed by atoms with Crippen LogP contribution in [0.15, 0.2) is 30.3 Å². The Bertz CT molecular complexity index is 591. The number of primary amides is 1. The maximum absolute atomic E-state index is 13.0. The van der Waals surface area contributed by atoms with E-state index in [0.29, 0.717) is 18.6 Å². The molecule has 3 N–H and O–H groups in total. The second-order valence-corrected chi connectivity index (χ2v) is 6.89. The van der Waals surface area contributed by atoms with Gasteiger partial charge in [0.25, 0.3) is 0 Å². The second-order valence-electron chi connectivity index (χ2n) is 6.89. The normalized spacial score (nSPS) is 23.0. The lowest BCUT2D eigenvalue weighted by molar-refractivity contribution is -0.119. The summed E-state index contributed by atoms with van der Waals surface area (Å²) in [6, 6.07) is 7.83. The molecule has 1 fully saturated rings. The number of piperidine rings is 1. The molecule has 1 aromatic rings. The highest BCUT2D eigenvalue weighted by Crippen LogP contribution is 2.27. The minimum absolute atomic E-state index is 0.183. The van der Waals surface area contributed by atoms with Crippen molar-refractivity contribution in [1.82, 2.24) is 10.2 Å². The predicted molar refractivity (Wildman–Crippen MR) is 93.8 cm³/mol. The maximum atomic E-state index is 13.0. The molecular formula is C19H26FN3O. The van der Waals surface area contributed by atoms with Gasteiger partial charge in [0.1, 0.15) is 5.82 Å². The molecule has 1 atom stereocenters. The highest BCUT2D eigenvalue weighted by Gasteiger charge is 2.23. The lowest BCUT2D eigenvalue weighted by Gasteiger charge is -2.35. The standard InChI is InChI=1S/C19H26FN3O/c20-16-5-1-14(2-6-16)15-3-7-17(8-4-15)22-18-9-11-23(12-10-18)13-19(21)24/h1-3,5-6,17-18,22H,4,7-13H2,(H2,21,24). The fourth-order valence-electron chi connectivity index (χ4n) is 3.72. The molecule has 1 amide bonds. The lowest BCUT2D eigenvalue weighted by Crippen LogP contribution is -2.48. The molecule has 4 nitrogen and oxygen atoms in total. The monoisotopic (exact) mass is 331 g/mol. The number of halogens is 1. The number of likely N-dealkylation sites (tertiary alicyclic amines) is 1. The van der Waals surface area contributed by atoms with E-state index in [1.54, 1.807) is 0 Å². The summed E-state index contributed by atoms with van der Waals surface area (Å²) in [6.07, 6.45) is 7.59. The van der Waals surface area contributed by atoms with Gasteiger partial charge < -0.3 is 11.1 Å². The number of carbonyl (C=O) groups is 1. The van der Waals surface area contributed by atoms with Crippen molar-refractivity contribution in [3.05, 3.63) is 41.7 Å². The quantitative estimate of drug-likeness (QED) is 0.870. The van der Waals surface area contributed by atoms with Gasteiger partial charge in [0.2, 0.25) is 5.91 Å². The molecule has 0 spiro atoms.